The Morgan fingerprint density at radius 2 is 2.00 bits per heavy atom. The van der Waals surface area contributed by atoms with Crippen molar-refractivity contribution in [3.8, 4) is 0 Å². The van der Waals surface area contributed by atoms with Gasteiger partial charge >= 0.3 is 5.97 Å². The summed E-state index contributed by atoms with van der Waals surface area (Å²) in [6, 6.07) is -0.843. The highest BCUT2D eigenvalue weighted by Gasteiger charge is 2.47. The molecule has 0 saturated carbocycles. The standard InChI is InChI=1S/C7H13NO4/c1-3-5(9)6(10)4(8-3)7(11)12-2/h3-6,8-10H,1-2H3/p+1/t3-,4-,5-,6+/m1/s1. The van der Waals surface area contributed by atoms with E-state index >= 15 is 0 Å². The van der Waals surface area contributed by atoms with Crippen LogP contribution in [0.25, 0.3) is 0 Å². The van der Waals surface area contributed by atoms with Crippen LogP contribution in [0.4, 0.5) is 0 Å². The molecule has 0 spiro atoms. The summed E-state index contributed by atoms with van der Waals surface area (Å²) >= 11 is 0. The Kier molecular flexibility index (Phi) is 2.66. The van der Waals surface area contributed by atoms with Gasteiger partial charge in [0, 0.05) is 0 Å². The predicted molar refractivity (Wildman–Crippen MR) is 39.2 cm³/mol. The minimum atomic E-state index is -1.02. The van der Waals surface area contributed by atoms with Crippen LogP contribution in [0.5, 0.6) is 0 Å². The molecular formula is C7H14NO4+. The number of carbonyl (C=O) groups excluding carboxylic acids is 1. The van der Waals surface area contributed by atoms with Crippen LogP contribution < -0.4 is 5.32 Å². The molecule has 1 saturated heterocycles. The lowest BCUT2D eigenvalue weighted by atomic mass is 10.1. The molecule has 0 bridgehead atoms. The molecule has 4 N–H and O–H groups in total. The fourth-order valence-corrected chi connectivity index (χ4v) is 1.43. The van der Waals surface area contributed by atoms with Gasteiger partial charge in [0.25, 0.3) is 0 Å². The molecule has 5 heteroatoms. The van der Waals surface area contributed by atoms with E-state index in [0.717, 1.165) is 0 Å². The number of rotatable bonds is 1. The Balaban J connectivity index is 2.64. The maximum atomic E-state index is 11.0. The summed E-state index contributed by atoms with van der Waals surface area (Å²) in [5, 5.41) is 20.3. The number of ether oxygens (including phenoxy) is 1. The zero-order chi connectivity index (χ0) is 9.30. The zero-order valence-corrected chi connectivity index (χ0v) is 7.10. The van der Waals surface area contributed by atoms with E-state index in [-0.39, 0.29) is 6.04 Å². The Hall–Kier alpha value is -0.650. The van der Waals surface area contributed by atoms with Crippen molar-refractivity contribution in [2.24, 2.45) is 0 Å². The predicted octanol–water partition coefficient (Wildman–Crippen LogP) is -2.78. The van der Waals surface area contributed by atoms with Crippen LogP contribution in [0.15, 0.2) is 0 Å². The molecule has 0 aromatic rings. The molecule has 0 aromatic carbocycles. The number of hydrogen-bond donors (Lipinski definition) is 3. The number of aliphatic hydroxyl groups is 2. The largest absolute Gasteiger partial charge is 0.465 e. The number of aliphatic hydroxyl groups excluding tert-OH is 2. The van der Waals surface area contributed by atoms with E-state index in [9.17, 15) is 15.0 Å². The molecule has 1 rings (SSSR count). The van der Waals surface area contributed by atoms with Gasteiger partial charge in [-0.1, -0.05) is 0 Å². The van der Waals surface area contributed by atoms with Gasteiger partial charge in [0.05, 0.1) is 7.11 Å². The van der Waals surface area contributed by atoms with E-state index in [2.05, 4.69) is 4.74 Å². The van der Waals surface area contributed by atoms with Gasteiger partial charge in [-0.3, -0.25) is 0 Å². The van der Waals surface area contributed by atoms with Crippen LogP contribution in [0.1, 0.15) is 6.92 Å². The first-order chi connectivity index (χ1) is 5.57. The summed E-state index contributed by atoms with van der Waals surface area (Å²) in [5.41, 5.74) is 0. The fraction of sp³-hybridized carbons (Fsp3) is 0.857. The third-order valence-electron chi connectivity index (χ3n) is 2.24. The van der Waals surface area contributed by atoms with E-state index in [0.29, 0.717) is 0 Å². The SMILES string of the molecule is COC(=O)[C@@H]1[NH2+][C@H](C)[C@@H](O)[C@H]1O. The highest BCUT2D eigenvalue weighted by atomic mass is 16.5. The van der Waals surface area contributed by atoms with Gasteiger partial charge in [-0.05, 0) is 6.92 Å². The third-order valence-corrected chi connectivity index (χ3v) is 2.24. The summed E-state index contributed by atoms with van der Waals surface area (Å²) in [4.78, 5) is 11.0. The van der Waals surface area contributed by atoms with E-state index in [1.54, 1.807) is 12.2 Å². The molecule has 0 aromatic heterocycles. The summed E-state index contributed by atoms with van der Waals surface area (Å²) in [6.07, 6.45) is -1.87. The quantitative estimate of drug-likeness (QED) is 0.377. The third kappa shape index (κ3) is 1.43. The second-order valence-electron chi connectivity index (χ2n) is 3.08. The molecule has 1 heterocycles. The van der Waals surface area contributed by atoms with Crippen molar-refractivity contribution < 1.29 is 25.1 Å². The maximum Gasteiger partial charge on any atom is 0.367 e. The second-order valence-corrected chi connectivity index (χ2v) is 3.08. The van der Waals surface area contributed by atoms with Gasteiger partial charge in [0.15, 0.2) is 0 Å². The lowest BCUT2D eigenvalue weighted by Gasteiger charge is -2.08. The molecular weight excluding hydrogens is 162 g/mol. The fourth-order valence-electron chi connectivity index (χ4n) is 1.43. The van der Waals surface area contributed by atoms with Gasteiger partial charge in [0.2, 0.25) is 6.04 Å². The Labute approximate surface area is 70.3 Å². The summed E-state index contributed by atoms with van der Waals surface area (Å²) in [6.45, 7) is 1.75. The monoisotopic (exact) mass is 176 g/mol. The van der Waals surface area contributed by atoms with Gasteiger partial charge in [-0.2, -0.15) is 0 Å². The average Bonchev–Trinajstić information content (AvgIpc) is 2.32. The average molecular weight is 176 g/mol. The number of esters is 1. The van der Waals surface area contributed by atoms with Gasteiger partial charge in [-0.15, -0.1) is 0 Å². The van der Waals surface area contributed by atoms with E-state index in [1.807, 2.05) is 0 Å². The Morgan fingerprint density at radius 3 is 2.33 bits per heavy atom. The minimum absolute atomic E-state index is 0.163. The Morgan fingerprint density at radius 1 is 1.42 bits per heavy atom. The molecule has 12 heavy (non-hydrogen) atoms. The van der Waals surface area contributed by atoms with Crippen LogP contribution >= 0.6 is 0 Å². The van der Waals surface area contributed by atoms with E-state index in [1.165, 1.54) is 7.11 Å². The van der Waals surface area contributed by atoms with Crippen LogP contribution in [0.2, 0.25) is 0 Å². The number of quaternary nitrogens is 1. The van der Waals surface area contributed by atoms with Crippen molar-refractivity contribution in [2.75, 3.05) is 7.11 Å². The molecule has 0 unspecified atom stereocenters. The second kappa shape index (κ2) is 3.38. The van der Waals surface area contributed by atoms with E-state index < -0.39 is 24.2 Å². The highest BCUT2D eigenvalue weighted by Crippen LogP contribution is 2.07. The lowest BCUT2D eigenvalue weighted by Crippen LogP contribution is -2.94. The number of nitrogens with two attached hydrogens (primary N) is 1. The van der Waals surface area contributed by atoms with Crippen molar-refractivity contribution in [1.82, 2.24) is 0 Å². The van der Waals surface area contributed by atoms with Crippen molar-refractivity contribution >= 4 is 5.97 Å². The summed E-state index contributed by atoms with van der Waals surface area (Å²) < 4.78 is 4.46. The number of methoxy groups -OCH3 is 1. The Bertz CT molecular complexity index is 184. The molecule has 5 nitrogen and oxygen atoms in total. The van der Waals surface area contributed by atoms with Gasteiger partial charge < -0.3 is 20.3 Å². The minimum Gasteiger partial charge on any atom is -0.465 e. The first-order valence-electron chi connectivity index (χ1n) is 3.87. The van der Waals surface area contributed by atoms with Gasteiger partial charge in [0.1, 0.15) is 18.2 Å². The van der Waals surface area contributed by atoms with E-state index in [4.69, 9.17) is 0 Å². The number of hydrogen-bond acceptors (Lipinski definition) is 4. The summed E-state index contributed by atoms with van der Waals surface area (Å²) in [5.74, 6) is -0.495. The lowest BCUT2D eigenvalue weighted by molar-refractivity contribution is -0.693. The molecule has 0 aliphatic carbocycles. The van der Waals surface area contributed by atoms with Gasteiger partial charge in [-0.25, -0.2) is 4.79 Å². The van der Waals surface area contributed by atoms with Crippen LogP contribution in [-0.4, -0.2) is 47.6 Å². The van der Waals surface area contributed by atoms with Crippen LogP contribution in [0.3, 0.4) is 0 Å². The molecule has 0 amide bonds. The molecule has 1 aliphatic rings. The normalized spacial score (nSPS) is 41.3. The van der Waals surface area contributed by atoms with Crippen LogP contribution in [0, 0.1) is 0 Å². The molecule has 70 valence electrons. The zero-order valence-electron chi connectivity index (χ0n) is 7.10. The topological polar surface area (TPSA) is 83.4 Å². The molecule has 0 radical (unpaired) electrons. The van der Waals surface area contributed by atoms with Crippen molar-refractivity contribution in [2.45, 2.75) is 31.2 Å². The molecule has 1 fully saturated rings. The number of carbonyl (C=O) groups is 1. The maximum absolute atomic E-state index is 11.0. The van der Waals surface area contributed by atoms with Crippen molar-refractivity contribution in [3.05, 3.63) is 0 Å². The highest BCUT2D eigenvalue weighted by molar-refractivity contribution is 5.75. The summed E-state index contributed by atoms with van der Waals surface area (Å²) in [7, 11) is 1.26. The molecule has 1 aliphatic heterocycles. The smallest absolute Gasteiger partial charge is 0.367 e. The molecule has 4 atom stereocenters. The first-order valence-corrected chi connectivity index (χ1v) is 3.87. The first kappa shape index (κ1) is 9.44. The van der Waals surface area contributed by atoms with Crippen molar-refractivity contribution in [1.29, 1.82) is 0 Å². The van der Waals surface area contributed by atoms with Crippen LogP contribution in [-0.2, 0) is 9.53 Å². The van der Waals surface area contributed by atoms with Crippen molar-refractivity contribution in [3.63, 3.8) is 0 Å².